The van der Waals surface area contributed by atoms with E-state index in [1.165, 1.54) is 0 Å². The van der Waals surface area contributed by atoms with E-state index in [4.69, 9.17) is 0 Å². The van der Waals surface area contributed by atoms with Crippen LogP contribution in [0.25, 0.3) is 0 Å². The molecule has 0 saturated carbocycles. The molecule has 0 radical (unpaired) electrons. The van der Waals surface area contributed by atoms with E-state index in [0.717, 1.165) is 17.2 Å². The summed E-state index contributed by atoms with van der Waals surface area (Å²) >= 11 is 0. The van der Waals surface area contributed by atoms with Crippen LogP contribution in [0.1, 0.15) is 13.8 Å². The average molecular weight is 150 g/mol. The summed E-state index contributed by atoms with van der Waals surface area (Å²) in [7, 11) is 0. The Morgan fingerprint density at radius 2 is 2.27 bits per heavy atom. The monoisotopic (exact) mass is 150 g/mol. The van der Waals surface area contributed by atoms with Gasteiger partial charge in [0.25, 0.3) is 0 Å². The number of allylic oxidation sites excluding steroid dienone is 2. The lowest BCUT2D eigenvalue weighted by Crippen LogP contribution is -2.41. The molecule has 11 heavy (non-hydrogen) atoms. The summed E-state index contributed by atoms with van der Waals surface area (Å²) in [5.41, 5.74) is 8.26. The number of hydrazine groups is 2. The van der Waals surface area contributed by atoms with Crippen molar-refractivity contribution in [3.63, 3.8) is 0 Å². The fourth-order valence-corrected chi connectivity index (χ4v) is 1.16. The number of nitrogens with one attached hydrogen (secondary N) is 2. The lowest BCUT2D eigenvalue weighted by Gasteiger charge is -2.20. The molecular weight excluding hydrogens is 140 g/mol. The Bertz CT molecular complexity index is 274. The number of fused-ring (bicyclic) bond motifs is 1. The highest BCUT2D eigenvalue weighted by molar-refractivity contribution is 5.83. The quantitative estimate of drug-likeness (QED) is 0.528. The van der Waals surface area contributed by atoms with Crippen molar-refractivity contribution in [3.05, 3.63) is 23.7 Å². The Hall–Kier alpha value is -1.29. The molecule has 2 aliphatic rings. The van der Waals surface area contributed by atoms with Gasteiger partial charge in [0, 0.05) is 6.20 Å². The van der Waals surface area contributed by atoms with Crippen molar-refractivity contribution in [2.75, 3.05) is 0 Å². The molecule has 2 aliphatic heterocycles. The van der Waals surface area contributed by atoms with Crippen LogP contribution >= 0.6 is 0 Å². The van der Waals surface area contributed by atoms with Crippen LogP contribution < -0.4 is 11.0 Å². The van der Waals surface area contributed by atoms with Gasteiger partial charge in [-0.2, -0.15) is 0 Å². The lowest BCUT2D eigenvalue weighted by molar-refractivity contribution is 0.383. The van der Waals surface area contributed by atoms with E-state index in [1.54, 1.807) is 6.20 Å². The zero-order valence-electron chi connectivity index (χ0n) is 6.55. The zero-order chi connectivity index (χ0) is 7.84. The van der Waals surface area contributed by atoms with Crippen LogP contribution in [0.2, 0.25) is 0 Å². The summed E-state index contributed by atoms with van der Waals surface area (Å²) in [5, 5.41) is 1.91. The highest BCUT2D eigenvalue weighted by Crippen LogP contribution is 2.16. The van der Waals surface area contributed by atoms with E-state index >= 15 is 0 Å². The van der Waals surface area contributed by atoms with E-state index < -0.39 is 0 Å². The third-order valence-electron chi connectivity index (χ3n) is 1.80. The molecule has 0 saturated heterocycles. The predicted octanol–water partition coefficient (Wildman–Crippen LogP) is 0.488. The van der Waals surface area contributed by atoms with Gasteiger partial charge in [-0.3, -0.25) is 0 Å². The molecule has 2 rings (SSSR count). The second kappa shape index (κ2) is 2.10. The maximum atomic E-state index is 4.13. The van der Waals surface area contributed by atoms with Crippen LogP contribution in [0.15, 0.2) is 28.7 Å². The van der Waals surface area contributed by atoms with Gasteiger partial charge in [0.2, 0.25) is 0 Å². The molecule has 4 heteroatoms. The third kappa shape index (κ3) is 0.832. The normalized spacial score (nSPS) is 21.6. The summed E-state index contributed by atoms with van der Waals surface area (Å²) in [4.78, 5) is 4.13. The van der Waals surface area contributed by atoms with Crippen LogP contribution in [0, 0.1) is 0 Å². The number of hydrogen-bond donors (Lipinski definition) is 2. The van der Waals surface area contributed by atoms with E-state index in [9.17, 15) is 0 Å². The highest BCUT2D eigenvalue weighted by atomic mass is 15.7. The van der Waals surface area contributed by atoms with Gasteiger partial charge in [-0.25, -0.2) is 10.0 Å². The molecule has 0 aliphatic carbocycles. The Kier molecular flexibility index (Phi) is 1.22. The first-order valence-electron chi connectivity index (χ1n) is 3.52. The van der Waals surface area contributed by atoms with Crippen LogP contribution in [0.3, 0.4) is 0 Å². The van der Waals surface area contributed by atoms with Gasteiger partial charge >= 0.3 is 0 Å². The smallest absolute Gasteiger partial charge is 0.122 e. The van der Waals surface area contributed by atoms with E-state index in [0.29, 0.717) is 0 Å². The van der Waals surface area contributed by atoms with Gasteiger partial charge in [0.05, 0.1) is 11.4 Å². The molecule has 0 fully saturated rings. The lowest BCUT2D eigenvalue weighted by atomic mass is 10.3. The van der Waals surface area contributed by atoms with Gasteiger partial charge in [-0.15, -0.1) is 5.53 Å². The second-order valence-electron chi connectivity index (χ2n) is 2.57. The zero-order valence-corrected chi connectivity index (χ0v) is 6.55. The van der Waals surface area contributed by atoms with Crippen molar-refractivity contribution in [2.45, 2.75) is 13.8 Å². The highest BCUT2D eigenvalue weighted by Gasteiger charge is 2.20. The van der Waals surface area contributed by atoms with Gasteiger partial charge in [0.15, 0.2) is 0 Å². The maximum absolute atomic E-state index is 4.13. The van der Waals surface area contributed by atoms with Crippen molar-refractivity contribution >= 4 is 5.84 Å². The summed E-state index contributed by atoms with van der Waals surface area (Å²) in [6.45, 7) is 3.97. The molecule has 0 spiro atoms. The molecule has 58 valence electrons. The molecule has 0 amide bonds. The Balaban J connectivity index is 2.41. The van der Waals surface area contributed by atoms with Crippen molar-refractivity contribution in [1.29, 1.82) is 0 Å². The molecule has 0 aromatic rings. The predicted molar refractivity (Wildman–Crippen MR) is 43.1 cm³/mol. The van der Waals surface area contributed by atoms with Crippen LogP contribution in [0.4, 0.5) is 0 Å². The molecule has 2 N–H and O–H groups in total. The van der Waals surface area contributed by atoms with Crippen molar-refractivity contribution in [3.8, 4) is 0 Å². The Labute approximate surface area is 65.2 Å². The first kappa shape index (κ1) is 6.42. The van der Waals surface area contributed by atoms with Crippen LogP contribution in [-0.4, -0.2) is 10.8 Å². The standard InChI is InChI=1S/C7H10N4/c1-5-7-3-4-8-6(2)11(7)10-9-5/h3-4,9-10H,1-2H3. The van der Waals surface area contributed by atoms with Crippen molar-refractivity contribution in [2.24, 2.45) is 4.99 Å². The van der Waals surface area contributed by atoms with Gasteiger partial charge in [-0.05, 0) is 19.9 Å². The number of aliphatic imine (C=N–C) groups is 1. The largest absolute Gasteiger partial charge is 0.306 e. The summed E-state index contributed by atoms with van der Waals surface area (Å²) in [5.74, 6) is 0.951. The molecule has 0 aromatic carbocycles. The third-order valence-corrected chi connectivity index (χ3v) is 1.80. The molecule has 0 unspecified atom stereocenters. The minimum atomic E-state index is 0.951. The number of hydrogen-bond acceptors (Lipinski definition) is 4. The van der Waals surface area contributed by atoms with Gasteiger partial charge < -0.3 is 5.43 Å². The number of rotatable bonds is 0. The summed E-state index contributed by atoms with van der Waals surface area (Å²) in [6.07, 6.45) is 3.77. The Morgan fingerprint density at radius 3 is 3.00 bits per heavy atom. The van der Waals surface area contributed by atoms with Gasteiger partial charge in [0.1, 0.15) is 5.84 Å². The van der Waals surface area contributed by atoms with E-state index in [1.807, 2.05) is 24.9 Å². The molecule has 2 heterocycles. The summed E-state index contributed by atoms with van der Waals surface area (Å²) in [6, 6.07) is 0. The van der Waals surface area contributed by atoms with Crippen molar-refractivity contribution in [1.82, 2.24) is 16.0 Å². The minimum Gasteiger partial charge on any atom is -0.306 e. The first-order valence-corrected chi connectivity index (χ1v) is 3.52. The fraction of sp³-hybridized carbons (Fsp3) is 0.286. The molecule has 0 aromatic heterocycles. The topological polar surface area (TPSA) is 39.7 Å². The second-order valence-corrected chi connectivity index (χ2v) is 2.57. The number of amidine groups is 1. The van der Waals surface area contributed by atoms with Crippen molar-refractivity contribution < 1.29 is 0 Å². The Morgan fingerprint density at radius 1 is 1.45 bits per heavy atom. The van der Waals surface area contributed by atoms with Crippen LogP contribution in [0.5, 0.6) is 0 Å². The molecule has 0 bridgehead atoms. The van der Waals surface area contributed by atoms with Gasteiger partial charge in [-0.1, -0.05) is 0 Å². The van der Waals surface area contributed by atoms with E-state index in [-0.39, 0.29) is 0 Å². The maximum Gasteiger partial charge on any atom is 0.122 e. The SMILES string of the molecule is CC1=NC=CC2=C(C)NNN12. The fourth-order valence-electron chi connectivity index (χ4n) is 1.16. The number of nitrogens with zero attached hydrogens (tertiary/aromatic N) is 2. The van der Waals surface area contributed by atoms with Crippen LogP contribution in [-0.2, 0) is 0 Å². The van der Waals surface area contributed by atoms with E-state index in [2.05, 4.69) is 16.0 Å². The minimum absolute atomic E-state index is 0.951. The average Bonchev–Trinajstić information content (AvgIpc) is 2.35. The molecule has 4 nitrogen and oxygen atoms in total. The molecule has 0 atom stereocenters. The first-order chi connectivity index (χ1) is 5.29. The summed E-state index contributed by atoms with van der Waals surface area (Å²) < 4.78 is 0. The molecular formula is C7H10N4.